The van der Waals surface area contributed by atoms with Crippen LogP contribution in [-0.2, 0) is 6.42 Å². The van der Waals surface area contributed by atoms with Gasteiger partial charge in [0.25, 0.3) is 0 Å². The van der Waals surface area contributed by atoms with Crippen LogP contribution >= 0.6 is 11.3 Å². The van der Waals surface area contributed by atoms with Crippen molar-refractivity contribution in [1.82, 2.24) is 20.3 Å². The first kappa shape index (κ1) is 15.0. The van der Waals surface area contributed by atoms with Gasteiger partial charge in [-0.2, -0.15) is 0 Å². The molecule has 0 radical (unpaired) electrons. The second-order valence-electron chi connectivity index (χ2n) is 5.31. The Bertz CT molecular complexity index is 536. The molecule has 6 heteroatoms. The molecule has 0 saturated heterocycles. The number of nitrogens with zero attached hydrogens (tertiary/aromatic N) is 3. The molecular weight excluding hydrogens is 272 g/mol. The van der Waals surface area contributed by atoms with Crippen LogP contribution in [0.25, 0.3) is 10.7 Å². The molecule has 2 heterocycles. The summed E-state index contributed by atoms with van der Waals surface area (Å²) in [6, 6.07) is 0.0422. The number of hydrogen-bond donors (Lipinski definition) is 2. The monoisotopic (exact) mass is 292 g/mol. The van der Waals surface area contributed by atoms with E-state index in [1.165, 1.54) is 0 Å². The first-order valence-corrected chi connectivity index (χ1v) is 7.51. The third-order valence-electron chi connectivity index (χ3n) is 3.23. The Hall–Kier alpha value is -1.37. The number of aromatic nitrogens is 3. The van der Waals surface area contributed by atoms with Gasteiger partial charge in [-0.15, -0.1) is 11.3 Å². The van der Waals surface area contributed by atoms with E-state index in [-0.39, 0.29) is 6.04 Å². The molecule has 0 spiro atoms. The van der Waals surface area contributed by atoms with Crippen LogP contribution in [0.4, 0.5) is 0 Å². The fourth-order valence-electron chi connectivity index (χ4n) is 1.62. The fraction of sp³-hybridized carbons (Fsp3) is 0.500. The summed E-state index contributed by atoms with van der Waals surface area (Å²) >= 11 is 1.58. The Morgan fingerprint density at radius 1 is 1.40 bits per heavy atom. The van der Waals surface area contributed by atoms with Crippen molar-refractivity contribution < 1.29 is 5.11 Å². The van der Waals surface area contributed by atoms with Gasteiger partial charge in [0, 0.05) is 36.8 Å². The molecule has 0 aliphatic carbocycles. The van der Waals surface area contributed by atoms with Crippen molar-refractivity contribution in [2.45, 2.75) is 38.8 Å². The summed E-state index contributed by atoms with van der Waals surface area (Å²) in [6.07, 6.45) is 5.87. The maximum absolute atomic E-state index is 9.84. The van der Waals surface area contributed by atoms with Crippen LogP contribution in [-0.4, -0.2) is 38.2 Å². The first-order valence-electron chi connectivity index (χ1n) is 6.63. The minimum atomic E-state index is -0.715. The van der Waals surface area contributed by atoms with E-state index in [0.29, 0.717) is 0 Å². The van der Waals surface area contributed by atoms with E-state index in [0.717, 1.165) is 29.4 Å². The summed E-state index contributed by atoms with van der Waals surface area (Å²) in [5.41, 5.74) is 1.13. The maximum Gasteiger partial charge on any atom is 0.143 e. The number of aliphatic hydroxyl groups is 1. The van der Waals surface area contributed by atoms with Crippen molar-refractivity contribution in [3.05, 3.63) is 29.7 Å². The van der Waals surface area contributed by atoms with Crippen LogP contribution in [0.5, 0.6) is 0 Å². The Morgan fingerprint density at radius 2 is 2.20 bits per heavy atom. The molecular formula is C14H20N4OS. The number of thiazole rings is 1. The predicted octanol–water partition coefficient (Wildman–Crippen LogP) is 1.89. The third kappa shape index (κ3) is 4.06. The molecule has 2 aromatic heterocycles. The van der Waals surface area contributed by atoms with Crippen LogP contribution in [0, 0.1) is 0 Å². The van der Waals surface area contributed by atoms with Crippen molar-refractivity contribution >= 4 is 11.3 Å². The minimum Gasteiger partial charge on any atom is -0.389 e. The van der Waals surface area contributed by atoms with Gasteiger partial charge in [-0.25, -0.2) is 4.98 Å². The lowest BCUT2D eigenvalue weighted by molar-refractivity contribution is 0.0446. The van der Waals surface area contributed by atoms with E-state index in [2.05, 4.69) is 20.3 Å². The molecule has 0 bridgehead atoms. The zero-order valence-electron chi connectivity index (χ0n) is 12.0. The van der Waals surface area contributed by atoms with Crippen molar-refractivity contribution in [1.29, 1.82) is 0 Å². The maximum atomic E-state index is 9.84. The van der Waals surface area contributed by atoms with Gasteiger partial charge in [0.2, 0.25) is 0 Å². The van der Waals surface area contributed by atoms with Crippen molar-refractivity contribution in [2.24, 2.45) is 0 Å². The normalized spacial score (nSPS) is 13.4. The minimum absolute atomic E-state index is 0.0422. The molecule has 0 aliphatic heterocycles. The third-order valence-corrected chi connectivity index (χ3v) is 4.14. The molecule has 0 aliphatic rings. The zero-order valence-corrected chi connectivity index (χ0v) is 12.8. The van der Waals surface area contributed by atoms with Crippen molar-refractivity contribution in [2.75, 3.05) is 6.54 Å². The number of rotatable bonds is 6. The SMILES string of the molecule is C[C@@H](NCCc1csc(-c2cnccn2)n1)C(C)(C)O. The van der Waals surface area contributed by atoms with E-state index in [9.17, 15) is 5.11 Å². The van der Waals surface area contributed by atoms with E-state index in [1.54, 1.807) is 43.8 Å². The molecule has 0 saturated carbocycles. The van der Waals surface area contributed by atoms with Crippen LogP contribution in [0.2, 0.25) is 0 Å². The van der Waals surface area contributed by atoms with Gasteiger partial charge in [-0.05, 0) is 20.8 Å². The summed E-state index contributed by atoms with van der Waals surface area (Å²) in [7, 11) is 0. The molecule has 2 N–H and O–H groups in total. The van der Waals surface area contributed by atoms with Gasteiger partial charge in [-0.1, -0.05) is 0 Å². The van der Waals surface area contributed by atoms with E-state index in [1.807, 2.05) is 12.3 Å². The average Bonchev–Trinajstić information content (AvgIpc) is 2.87. The van der Waals surface area contributed by atoms with Crippen molar-refractivity contribution in [3.8, 4) is 10.7 Å². The molecule has 2 rings (SSSR count). The molecule has 5 nitrogen and oxygen atoms in total. The fourth-order valence-corrected chi connectivity index (χ4v) is 2.43. The zero-order chi connectivity index (χ0) is 14.6. The molecule has 2 aromatic rings. The van der Waals surface area contributed by atoms with Crippen LogP contribution in [0.1, 0.15) is 26.5 Å². The standard InChI is InChI=1S/C14H20N4OS/c1-10(14(2,3)19)16-5-4-11-9-20-13(18-11)12-8-15-6-7-17-12/h6-10,16,19H,4-5H2,1-3H3/t10-/m1/s1. The molecule has 108 valence electrons. The predicted molar refractivity (Wildman–Crippen MR) is 80.6 cm³/mol. The van der Waals surface area contributed by atoms with Crippen molar-refractivity contribution in [3.63, 3.8) is 0 Å². The first-order chi connectivity index (χ1) is 9.47. The lowest BCUT2D eigenvalue weighted by atomic mass is 10.0. The second-order valence-corrected chi connectivity index (χ2v) is 6.17. The molecule has 0 fully saturated rings. The summed E-state index contributed by atoms with van der Waals surface area (Å²) in [5, 5.41) is 16.1. The van der Waals surface area contributed by atoms with E-state index >= 15 is 0 Å². The van der Waals surface area contributed by atoms with Gasteiger partial charge in [-0.3, -0.25) is 9.97 Å². The highest BCUT2D eigenvalue weighted by Crippen LogP contribution is 2.20. The largest absolute Gasteiger partial charge is 0.389 e. The Morgan fingerprint density at radius 3 is 2.85 bits per heavy atom. The van der Waals surface area contributed by atoms with Crippen LogP contribution in [0.3, 0.4) is 0 Å². The van der Waals surface area contributed by atoms with Crippen LogP contribution in [0.15, 0.2) is 24.0 Å². The number of hydrogen-bond acceptors (Lipinski definition) is 6. The summed E-state index contributed by atoms with van der Waals surface area (Å²) < 4.78 is 0. The summed E-state index contributed by atoms with van der Waals surface area (Å²) in [6.45, 7) is 6.38. The van der Waals surface area contributed by atoms with Gasteiger partial charge in [0.1, 0.15) is 10.7 Å². The Kier molecular flexibility index (Phi) is 4.80. The van der Waals surface area contributed by atoms with Gasteiger partial charge in [0.15, 0.2) is 0 Å². The topological polar surface area (TPSA) is 70.9 Å². The lowest BCUT2D eigenvalue weighted by Crippen LogP contribution is -2.45. The quantitative estimate of drug-likeness (QED) is 0.851. The van der Waals surface area contributed by atoms with E-state index < -0.39 is 5.60 Å². The highest BCUT2D eigenvalue weighted by molar-refractivity contribution is 7.13. The summed E-state index contributed by atoms with van der Waals surface area (Å²) in [5.74, 6) is 0. The number of nitrogens with one attached hydrogen (secondary N) is 1. The molecule has 1 atom stereocenters. The second kappa shape index (κ2) is 6.39. The van der Waals surface area contributed by atoms with Gasteiger partial charge in [0.05, 0.1) is 17.5 Å². The lowest BCUT2D eigenvalue weighted by Gasteiger charge is -2.26. The van der Waals surface area contributed by atoms with Crippen LogP contribution < -0.4 is 5.32 Å². The van der Waals surface area contributed by atoms with Gasteiger partial charge < -0.3 is 10.4 Å². The average molecular weight is 292 g/mol. The summed E-state index contributed by atoms with van der Waals surface area (Å²) in [4.78, 5) is 12.8. The highest BCUT2D eigenvalue weighted by atomic mass is 32.1. The van der Waals surface area contributed by atoms with Gasteiger partial charge >= 0.3 is 0 Å². The van der Waals surface area contributed by atoms with E-state index in [4.69, 9.17) is 0 Å². The Labute approximate surface area is 123 Å². The molecule has 0 amide bonds. The molecule has 0 unspecified atom stereocenters. The Balaban J connectivity index is 1.88. The highest BCUT2D eigenvalue weighted by Gasteiger charge is 2.21. The molecule has 20 heavy (non-hydrogen) atoms. The smallest absolute Gasteiger partial charge is 0.143 e. The molecule has 0 aromatic carbocycles.